The molecule has 32 heavy (non-hydrogen) atoms. The lowest BCUT2D eigenvalue weighted by atomic mass is 9.94. The number of amides is 1. The predicted molar refractivity (Wildman–Crippen MR) is 125 cm³/mol. The molecular weight excluding hydrogens is 400 g/mol. The largest absolute Gasteiger partial charge is 0.507 e. The van der Waals surface area contributed by atoms with Crippen LogP contribution in [0.15, 0.2) is 90.6 Å². The molecular formula is C27H22N2O3. The zero-order valence-electron chi connectivity index (χ0n) is 17.6. The number of ketones is 1. The van der Waals surface area contributed by atoms with Crippen LogP contribution < -0.4 is 4.90 Å². The van der Waals surface area contributed by atoms with Crippen LogP contribution in [0, 0.1) is 0 Å². The van der Waals surface area contributed by atoms with E-state index in [1.807, 2.05) is 66.7 Å². The Hall–Kier alpha value is -4.12. The van der Waals surface area contributed by atoms with Crippen molar-refractivity contribution in [2.75, 3.05) is 4.90 Å². The van der Waals surface area contributed by atoms with Crippen LogP contribution in [-0.2, 0) is 16.0 Å². The Balaban J connectivity index is 1.74. The Morgan fingerprint density at radius 2 is 1.62 bits per heavy atom. The third-order valence-electron chi connectivity index (χ3n) is 6.03. The molecule has 2 heterocycles. The van der Waals surface area contributed by atoms with Gasteiger partial charge in [0.2, 0.25) is 0 Å². The van der Waals surface area contributed by atoms with E-state index in [4.69, 9.17) is 0 Å². The maximum Gasteiger partial charge on any atom is 0.300 e. The first kappa shape index (κ1) is 19.8. The van der Waals surface area contributed by atoms with E-state index in [-0.39, 0.29) is 11.3 Å². The Morgan fingerprint density at radius 3 is 2.34 bits per heavy atom. The van der Waals surface area contributed by atoms with Gasteiger partial charge in [0.05, 0.1) is 11.6 Å². The zero-order valence-corrected chi connectivity index (χ0v) is 17.6. The number of nitrogens with zero attached hydrogens (tertiary/aromatic N) is 1. The number of hydrogen-bond donors (Lipinski definition) is 2. The second-order valence-electron chi connectivity index (χ2n) is 7.85. The fourth-order valence-corrected chi connectivity index (χ4v) is 4.35. The normalized spacial score (nSPS) is 17.9. The molecule has 5 nitrogen and oxygen atoms in total. The van der Waals surface area contributed by atoms with Gasteiger partial charge in [-0.2, -0.15) is 0 Å². The number of aryl methyl sites for hydroxylation is 1. The number of nitrogens with one attached hydrogen (secondary N) is 1. The van der Waals surface area contributed by atoms with E-state index in [1.54, 1.807) is 18.3 Å². The molecule has 4 aromatic rings. The molecule has 158 valence electrons. The molecule has 1 saturated heterocycles. The van der Waals surface area contributed by atoms with Crippen LogP contribution in [0.3, 0.4) is 0 Å². The summed E-state index contributed by atoms with van der Waals surface area (Å²) in [5, 5.41) is 12.1. The predicted octanol–water partition coefficient (Wildman–Crippen LogP) is 5.36. The number of aromatic amines is 1. The molecule has 3 aromatic carbocycles. The molecule has 5 heteroatoms. The number of fused-ring (bicyclic) bond motifs is 1. The summed E-state index contributed by atoms with van der Waals surface area (Å²) >= 11 is 0. The Morgan fingerprint density at radius 1 is 0.938 bits per heavy atom. The van der Waals surface area contributed by atoms with Gasteiger partial charge in [-0.3, -0.25) is 14.5 Å². The number of para-hydroxylation sites is 2. The monoisotopic (exact) mass is 422 g/mol. The molecule has 2 N–H and O–H groups in total. The lowest BCUT2D eigenvalue weighted by Gasteiger charge is -2.25. The number of aromatic nitrogens is 1. The minimum atomic E-state index is -0.725. The van der Waals surface area contributed by atoms with Crippen molar-refractivity contribution in [2.24, 2.45) is 0 Å². The smallest absolute Gasteiger partial charge is 0.300 e. The summed E-state index contributed by atoms with van der Waals surface area (Å²) in [6.45, 7) is 2.07. The molecule has 1 amide bonds. The standard InChI is InChI=1S/C27H22N2O3/c1-2-17-12-14-18(15-13-17)24-23(25(30)21-16-28-22-11-7-6-10-20(21)22)26(31)27(32)29(24)19-8-4-3-5-9-19/h3-16,24,28,30H,2H2,1H3/b25-23-. The summed E-state index contributed by atoms with van der Waals surface area (Å²) in [5.74, 6) is -1.52. The number of carbonyl (C=O) groups is 2. The highest BCUT2D eigenvalue weighted by atomic mass is 16.3. The molecule has 1 aromatic heterocycles. The van der Waals surface area contributed by atoms with Crippen LogP contribution in [0.25, 0.3) is 16.7 Å². The van der Waals surface area contributed by atoms with Crippen molar-refractivity contribution < 1.29 is 14.7 Å². The van der Waals surface area contributed by atoms with Gasteiger partial charge in [0.1, 0.15) is 5.76 Å². The van der Waals surface area contributed by atoms with Crippen LogP contribution in [0.1, 0.15) is 29.7 Å². The zero-order chi connectivity index (χ0) is 22.2. The molecule has 5 rings (SSSR count). The molecule has 1 aliphatic heterocycles. The van der Waals surface area contributed by atoms with Crippen LogP contribution in [0.2, 0.25) is 0 Å². The first-order chi connectivity index (χ1) is 15.6. The molecule has 0 aliphatic carbocycles. The van der Waals surface area contributed by atoms with Crippen molar-refractivity contribution in [3.63, 3.8) is 0 Å². The van der Waals surface area contributed by atoms with E-state index in [1.165, 1.54) is 4.90 Å². The minimum Gasteiger partial charge on any atom is -0.507 e. The van der Waals surface area contributed by atoms with Gasteiger partial charge in [-0.15, -0.1) is 0 Å². The van der Waals surface area contributed by atoms with Crippen LogP contribution >= 0.6 is 0 Å². The summed E-state index contributed by atoms with van der Waals surface area (Å²) in [6, 6.07) is 23.7. The fraction of sp³-hybridized carbons (Fsp3) is 0.111. The van der Waals surface area contributed by atoms with Gasteiger partial charge in [-0.05, 0) is 35.7 Å². The van der Waals surface area contributed by atoms with Crippen molar-refractivity contribution in [3.05, 3.63) is 107 Å². The summed E-state index contributed by atoms with van der Waals surface area (Å²) < 4.78 is 0. The Bertz CT molecular complexity index is 1350. The highest BCUT2D eigenvalue weighted by Gasteiger charge is 2.47. The Kier molecular flexibility index (Phi) is 4.86. The van der Waals surface area contributed by atoms with E-state index in [0.717, 1.165) is 28.5 Å². The lowest BCUT2D eigenvalue weighted by molar-refractivity contribution is -0.132. The van der Waals surface area contributed by atoms with Crippen molar-refractivity contribution in [1.82, 2.24) is 4.98 Å². The number of rotatable bonds is 4. The van der Waals surface area contributed by atoms with Crippen molar-refractivity contribution in [2.45, 2.75) is 19.4 Å². The number of benzene rings is 3. The quantitative estimate of drug-likeness (QED) is 0.264. The van der Waals surface area contributed by atoms with Crippen molar-refractivity contribution >= 4 is 34.0 Å². The van der Waals surface area contributed by atoms with E-state index < -0.39 is 17.7 Å². The molecule has 1 unspecified atom stereocenters. The minimum absolute atomic E-state index is 0.0906. The summed E-state index contributed by atoms with van der Waals surface area (Å²) in [5.41, 5.74) is 3.97. The van der Waals surface area contributed by atoms with E-state index in [0.29, 0.717) is 11.3 Å². The van der Waals surface area contributed by atoms with Gasteiger partial charge in [0.15, 0.2) is 0 Å². The topological polar surface area (TPSA) is 73.4 Å². The van der Waals surface area contributed by atoms with Gasteiger partial charge in [0.25, 0.3) is 11.7 Å². The maximum absolute atomic E-state index is 13.2. The van der Waals surface area contributed by atoms with Gasteiger partial charge < -0.3 is 10.1 Å². The number of aliphatic hydroxyl groups is 1. The van der Waals surface area contributed by atoms with E-state index in [9.17, 15) is 14.7 Å². The van der Waals surface area contributed by atoms with Crippen LogP contribution in [0.5, 0.6) is 0 Å². The average Bonchev–Trinajstić information content (AvgIpc) is 3.38. The number of carbonyl (C=O) groups excluding carboxylic acids is 2. The lowest BCUT2D eigenvalue weighted by Crippen LogP contribution is -2.29. The van der Waals surface area contributed by atoms with Gasteiger partial charge in [0, 0.05) is 28.4 Å². The molecule has 0 saturated carbocycles. The number of aliphatic hydroxyl groups excluding tert-OH is 1. The highest BCUT2D eigenvalue weighted by Crippen LogP contribution is 2.42. The molecule has 0 radical (unpaired) electrons. The van der Waals surface area contributed by atoms with Crippen molar-refractivity contribution in [3.8, 4) is 0 Å². The molecule has 0 bridgehead atoms. The SMILES string of the molecule is CCc1ccc(C2/C(=C(/O)c3c[nH]c4ccccc34)C(=O)C(=O)N2c2ccccc2)cc1. The first-order valence-electron chi connectivity index (χ1n) is 10.6. The molecule has 0 spiro atoms. The summed E-state index contributed by atoms with van der Waals surface area (Å²) in [4.78, 5) is 31.0. The molecule has 1 aliphatic rings. The third kappa shape index (κ3) is 3.10. The maximum atomic E-state index is 13.2. The van der Waals surface area contributed by atoms with Gasteiger partial charge >= 0.3 is 0 Å². The highest BCUT2D eigenvalue weighted by molar-refractivity contribution is 6.51. The second kappa shape index (κ2) is 7.85. The Labute approximate surface area is 185 Å². The van der Waals surface area contributed by atoms with Crippen LogP contribution in [0.4, 0.5) is 5.69 Å². The summed E-state index contributed by atoms with van der Waals surface area (Å²) in [6.07, 6.45) is 2.56. The first-order valence-corrected chi connectivity index (χ1v) is 10.6. The second-order valence-corrected chi connectivity index (χ2v) is 7.85. The van der Waals surface area contributed by atoms with E-state index in [2.05, 4.69) is 11.9 Å². The van der Waals surface area contributed by atoms with Gasteiger partial charge in [-0.1, -0.05) is 67.6 Å². The van der Waals surface area contributed by atoms with Crippen molar-refractivity contribution in [1.29, 1.82) is 0 Å². The van der Waals surface area contributed by atoms with Gasteiger partial charge in [-0.25, -0.2) is 0 Å². The number of anilines is 1. The summed E-state index contributed by atoms with van der Waals surface area (Å²) in [7, 11) is 0. The fourth-order valence-electron chi connectivity index (χ4n) is 4.35. The molecule has 1 fully saturated rings. The average molecular weight is 422 g/mol. The van der Waals surface area contributed by atoms with Crippen LogP contribution in [-0.4, -0.2) is 21.8 Å². The van der Waals surface area contributed by atoms with E-state index >= 15 is 0 Å². The molecule has 1 atom stereocenters. The number of hydrogen-bond acceptors (Lipinski definition) is 3. The number of Topliss-reactive ketones (excluding diaryl/α,β-unsaturated/α-hetero) is 1. The number of H-pyrrole nitrogens is 1. The third-order valence-corrected chi connectivity index (χ3v) is 6.03.